The number of amides is 2. The number of esters is 3. The Morgan fingerprint density at radius 3 is 1.93 bits per heavy atom. The van der Waals surface area contributed by atoms with Crippen molar-refractivity contribution in [2.24, 2.45) is 0 Å². The van der Waals surface area contributed by atoms with E-state index in [0.29, 0.717) is 29.8 Å². The van der Waals surface area contributed by atoms with E-state index in [1.807, 2.05) is 0 Å². The molecule has 5 rings (SSSR count). The first-order chi connectivity index (χ1) is 25.9. The number of carbonyl (C=O) groups excluding carboxylic acids is 5. The number of nitrogens with one attached hydrogen (secondary N) is 1. The molecule has 10 nitrogen and oxygen atoms in total. The molecule has 282 valence electrons. The second-order valence-corrected chi connectivity index (χ2v) is 12.5. The quantitative estimate of drug-likeness (QED) is 0.0880. The Hall–Kier alpha value is -5.98. The van der Waals surface area contributed by atoms with Crippen LogP contribution in [-0.4, -0.2) is 67.5 Å². The van der Waals surface area contributed by atoms with Gasteiger partial charge in [0.05, 0.1) is 36.4 Å². The van der Waals surface area contributed by atoms with Crippen LogP contribution in [0.3, 0.4) is 0 Å². The number of carbonyl (C=O) groups is 5. The van der Waals surface area contributed by atoms with Crippen LogP contribution < -0.4 is 5.32 Å². The SMILES string of the molecule is CCOC(=O)C(COC(=O)Cc1ccc(NC(=O)c2ccccc2-c2ccc(C(F)(F)F)cc2)c(C(=O)N2CCCC2)c1)(C(=O)OCC)c1ccccc1. The molecule has 54 heavy (non-hydrogen) atoms. The van der Waals surface area contributed by atoms with E-state index in [0.717, 1.165) is 25.0 Å². The molecule has 0 spiro atoms. The summed E-state index contributed by atoms with van der Waals surface area (Å²) >= 11 is 0. The maximum absolute atomic E-state index is 13.8. The Bertz CT molecular complexity index is 1970. The first-order valence-corrected chi connectivity index (χ1v) is 17.4. The largest absolute Gasteiger partial charge is 0.465 e. The summed E-state index contributed by atoms with van der Waals surface area (Å²) < 4.78 is 55.6. The molecule has 13 heteroatoms. The summed E-state index contributed by atoms with van der Waals surface area (Å²) in [6.07, 6.45) is -3.29. The van der Waals surface area contributed by atoms with Crippen molar-refractivity contribution in [1.29, 1.82) is 0 Å². The van der Waals surface area contributed by atoms with Gasteiger partial charge < -0.3 is 24.4 Å². The number of ether oxygens (including phenoxy) is 3. The molecule has 1 aliphatic heterocycles. The molecular formula is C41H39F3N2O8. The molecule has 2 amide bonds. The molecule has 0 aliphatic carbocycles. The van der Waals surface area contributed by atoms with Crippen molar-refractivity contribution in [1.82, 2.24) is 4.90 Å². The second kappa shape index (κ2) is 17.2. The second-order valence-electron chi connectivity index (χ2n) is 12.5. The average molecular weight is 745 g/mol. The number of rotatable bonds is 13. The highest BCUT2D eigenvalue weighted by Crippen LogP contribution is 2.33. The predicted molar refractivity (Wildman–Crippen MR) is 192 cm³/mol. The maximum atomic E-state index is 13.8. The van der Waals surface area contributed by atoms with Crippen LogP contribution in [0, 0.1) is 0 Å². The molecule has 0 unspecified atom stereocenters. The van der Waals surface area contributed by atoms with E-state index in [2.05, 4.69) is 5.32 Å². The highest BCUT2D eigenvalue weighted by atomic mass is 19.4. The molecule has 1 heterocycles. The summed E-state index contributed by atoms with van der Waals surface area (Å²) in [5, 5.41) is 2.78. The maximum Gasteiger partial charge on any atom is 0.416 e. The number of likely N-dealkylation sites (tertiary alicyclic amines) is 1. The molecular weight excluding hydrogens is 705 g/mol. The van der Waals surface area contributed by atoms with Crippen LogP contribution in [0.1, 0.15) is 64.1 Å². The van der Waals surface area contributed by atoms with Gasteiger partial charge in [0.1, 0.15) is 6.61 Å². The van der Waals surface area contributed by atoms with Crippen LogP contribution in [0.2, 0.25) is 0 Å². The van der Waals surface area contributed by atoms with E-state index in [9.17, 15) is 37.1 Å². The van der Waals surface area contributed by atoms with Crippen molar-refractivity contribution >= 4 is 35.4 Å². The molecule has 1 N–H and O–H groups in total. The van der Waals surface area contributed by atoms with Gasteiger partial charge in [0.15, 0.2) is 0 Å². The summed E-state index contributed by atoms with van der Waals surface area (Å²) in [5.41, 5.74) is -1.15. The van der Waals surface area contributed by atoms with E-state index >= 15 is 0 Å². The minimum atomic E-state index is -4.52. The van der Waals surface area contributed by atoms with Crippen molar-refractivity contribution in [3.63, 3.8) is 0 Å². The first-order valence-electron chi connectivity index (χ1n) is 17.4. The van der Waals surface area contributed by atoms with Crippen molar-refractivity contribution in [2.45, 2.75) is 44.7 Å². The Morgan fingerprint density at radius 2 is 1.31 bits per heavy atom. The Morgan fingerprint density at radius 1 is 0.704 bits per heavy atom. The number of hydrogen-bond acceptors (Lipinski definition) is 8. The fourth-order valence-electron chi connectivity index (χ4n) is 6.20. The lowest BCUT2D eigenvalue weighted by molar-refractivity contribution is -0.170. The molecule has 1 fully saturated rings. The van der Waals surface area contributed by atoms with Crippen LogP contribution in [0.5, 0.6) is 0 Å². The first kappa shape index (κ1) is 39.2. The van der Waals surface area contributed by atoms with E-state index < -0.39 is 47.6 Å². The van der Waals surface area contributed by atoms with Crippen LogP contribution in [0.4, 0.5) is 18.9 Å². The lowest BCUT2D eigenvalue weighted by Crippen LogP contribution is -2.50. The molecule has 0 saturated carbocycles. The number of hydrogen-bond donors (Lipinski definition) is 1. The molecule has 0 atom stereocenters. The van der Waals surface area contributed by atoms with E-state index in [1.165, 1.54) is 48.5 Å². The van der Waals surface area contributed by atoms with Crippen molar-refractivity contribution in [2.75, 3.05) is 38.2 Å². The summed E-state index contributed by atoms with van der Waals surface area (Å²) in [5.74, 6) is -3.68. The average Bonchev–Trinajstić information content (AvgIpc) is 3.71. The topological polar surface area (TPSA) is 128 Å². The van der Waals surface area contributed by atoms with Gasteiger partial charge in [-0.05, 0) is 79.3 Å². The highest BCUT2D eigenvalue weighted by Gasteiger charge is 2.52. The Kier molecular flexibility index (Phi) is 12.5. The van der Waals surface area contributed by atoms with Crippen LogP contribution in [-0.2, 0) is 46.6 Å². The van der Waals surface area contributed by atoms with Gasteiger partial charge in [-0.1, -0.05) is 66.7 Å². The summed E-state index contributed by atoms with van der Waals surface area (Å²) in [6.45, 7) is 3.36. The number of alkyl halides is 3. The fraction of sp³-hybridized carbons (Fsp3) is 0.293. The molecule has 4 aromatic rings. The summed E-state index contributed by atoms with van der Waals surface area (Å²) in [6, 6.07) is 23.4. The van der Waals surface area contributed by atoms with Crippen molar-refractivity contribution < 1.29 is 51.4 Å². The van der Waals surface area contributed by atoms with Gasteiger partial charge >= 0.3 is 24.1 Å². The van der Waals surface area contributed by atoms with Crippen molar-refractivity contribution in [3.8, 4) is 11.1 Å². The minimum Gasteiger partial charge on any atom is -0.465 e. The van der Waals surface area contributed by atoms with Gasteiger partial charge in [-0.2, -0.15) is 13.2 Å². The third-order valence-electron chi connectivity index (χ3n) is 8.96. The molecule has 0 bridgehead atoms. The summed E-state index contributed by atoms with van der Waals surface area (Å²) in [7, 11) is 0. The van der Waals surface area contributed by atoms with E-state index in [4.69, 9.17) is 14.2 Å². The standard InChI is InChI=1S/C41H39F3N2O8/c1-3-52-38(50)40(39(51)53-4-2,29-12-6-5-7-13-29)26-54-35(47)25-27-16-21-34(33(24-27)37(49)46-22-10-11-23-46)45-36(48)32-15-9-8-14-31(32)28-17-19-30(20-18-28)41(42,43)44/h5-9,12-21,24H,3-4,10-11,22-23,25-26H2,1-2H3,(H,45,48). The van der Waals surface area contributed by atoms with Gasteiger partial charge in [0, 0.05) is 18.7 Å². The van der Waals surface area contributed by atoms with E-state index in [-0.39, 0.29) is 47.9 Å². The third-order valence-corrected chi connectivity index (χ3v) is 8.96. The lowest BCUT2D eigenvalue weighted by atomic mass is 9.81. The Labute approximate surface area is 310 Å². The number of anilines is 1. The smallest absolute Gasteiger partial charge is 0.416 e. The zero-order valence-electron chi connectivity index (χ0n) is 29.7. The molecule has 4 aromatic carbocycles. The molecule has 0 radical (unpaired) electrons. The van der Waals surface area contributed by atoms with Gasteiger partial charge in [-0.3, -0.25) is 24.0 Å². The monoisotopic (exact) mass is 744 g/mol. The Balaban J connectivity index is 1.41. The zero-order chi connectivity index (χ0) is 38.9. The number of benzene rings is 4. The van der Waals surface area contributed by atoms with Crippen LogP contribution in [0.25, 0.3) is 11.1 Å². The normalized spacial score (nSPS) is 12.9. The number of nitrogens with zero attached hydrogens (tertiary/aromatic N) is 1. The van der Waals surface area contributed by atoms with E-state index in [1.54, 1.807) is 55.1 Å². The molecule has 1 aliphatic rings. The van der Waals surface area contributed by atoms with Crippen molar-refractivity contribution in [3.05, 3.63) is 125 Å². The zero-order valence-corrected chi connectivity index (χ0v) is 29.7. The fourth-order valence-corrected chi connectivity index (χ4v) is 6.20. The van der Waals surface area contributed by atoms with Gasteiger partial charge in [-0.25, -0.2) is 0 Å². The highest BCUT2D eigenvalue weighted by molar-refractivity contribution is 6.12. The predicted octanol–water partition coefficient (Wildman–Crippen LogP) is 7.01. The minimum absolute atomic E-state index is 0.0435. The van der Waals surface area contributed by atoms with Gasteiger partial charge in [0.2, 0.25) is 5.41 Å². The van der Waals surface area contributed by atoms with Gasteiger partial charge in [-0.15, -0.1) is 0 Å². The molecule has 0 aromatic heterocycles. The van der Waals surface area contributed by atoms with Crippen LogP contribution in [0.15, 0.2) is 97.1 Å². The van der Waals surface area contributed by atoms with Gasteiger partial charge in [0.25, 0.3) is 11.8 Å². The third kappa shape index (κ3) is 8.79. The van der Waals surface area contributed by atoms with Crippen LogP contribution >= 0.6 is 0 Å². The molecule has 1 saturated heterocycles. The summed E-state index contributed by atoms with van der Waals surface area (Å²) in [4.78, 5) is 69.2. The number of halogens is 3. The lowest BCUT2D eigenvalue weighted by Gasteiger charge is -2.29.